The van der Waals surface area contributed by atoms with Gasteiger partial charge in [-0.25, -0.2) is 0 Å². The van der Waals surface area contributed by atoms with Crippen LogP contribution < -0.4 is 0 Å². The van der Waals surface area contributed by atoms with Crippen LogP contribution in [0, 0.1) is 0 Å². The predicted molar refractivity (Wildman–Crippen MR) is 65.3 cm³/mol. The second-order valence-electron chi connectivity index (χ2n) is 4.63. The zero-order valence-corrected chi connectivity index (χ0v) is 10.1. The van der Waals surface area contributed by atoms with Crippen LogP contribution >= 0.6 is 0 Å². The van der Waals surface area contributed by atoms with E-state index < -0.39 is 5.97 Å². The molecule has 0 radical (unpaired) electrons. The molecule has 0 aliphatic heterocycles. The van der Waals surface area contributed by atoms with Gasteiger partial charge in [-0.05, 0) is 36.0 Å². The fourth-order valence-corrected chi connectivity index (χ4v) is 2.53. The third-order valence-electron chi connectivity index (χ3n) is 3.38. The summed E-state index contributed by atoms with van der Waals surface area (Å²) >= 11 is 0. The van der Waals surface area contributed by atoms with Gasteiger partial charge < -0.3 is 9.84 Å². The molecule has 92 valence electrons. The van der Waals surface area contributed by atoms with Crippen molar-refractivity contribution in [1.29, 1.82) is 0 Å². The molecule has 1 aliphatic carbocycles. The first-order chi connectivity index (χ1) is 8.20. The quantitative estimate of drug-likeness (QED) is 0.850. The lowest BCUT2D eigenvalue weighted by Crippen LogP contribution is -2.12. The second kappa shape index (κ2) is 5.32. The molecule has 1 unspecified atom stereocenters. The summed E-state index contributed by atoms with van der Waals surface area (Å²) in [5, 5.41) is 8.91. The summed E-state index contributed by atoms with van der Waals surface area (Å²) in [6, 6.07) is 6.36. The zero-order chi connectivity index (χ0) is 12.3. The molecule has 0 aromatic heterocycles. The van der Waals surface area contributed by atoms with Crippen LogP contribution in [0.4, 0.5) is 0 Å². The van der Waals surface area contributed by atoms with Crippen LogP contribution in [0.15, 0.2) is 18.2 Å². The molecule has 1 aliphatic rings. The molecule has 0 spiro atoms. The number of carbonyl (C=O) groups is 1. The Morgan fingerprint density at radius 1 is 1.41 bits per heavy atom. The maximum atomic E-state index is 10.8. The molecule has 2 rings (SSSR count). The van der Waals surface area contributed by atoms with Gasteiger partial charge in [-0.3, -0.25) is 4.79 Å². The minimum atomic E-state index is -0.771. The van der Waals surface area contributed by atoms with Gasteiger partial charge in [0.05, 0.1) is 13.0 Å². The van der Waals surface area contributed by atoms with Crippen molar-refractivity contribution in [2.24, 2.45) is 0 Å². The van der Waals surface area contributed by atoms with E-state index in [2.05, 4.69) is 18.2 Å². The van der Waals surface area contributed by atoms with Gasteiger partial charge in [0.15, 0.2) is 0 Å². The Bertz CT molecular complexity index is 412. The molecular weight excluding hydrogens is 216 g/mol. The number of hydrogen-bond acceptors (Lipinski definition) is 2. The zero-order valence-electron chi connectivity index (χ0n) is 10.1. The smallest absolute Gasteiger partial charge is 0.304 e. The number of methoxy groups -OCH3 is 1. The van der Waals surface area contributed by atoms with E-state index in [9.17, 15) is 4.79 Å². The fourth-order valence-electron chi connectivity index (χ4n) is 2.53. The summed E-state index contributed by atoms with van der Waals surface area (Å²) in [5.41, 5.74) is 3.89. The lowest BCUT2D eigenvalue weighted by atomic mass is 9.93. The van der Waals surface area contributed by atoms with E-state index in [0.29, 0.717) is 6.61 Å². The SMILES string of the molecule is COCC(CC(=O)O)c1ccc2c(c1)CCC2. The highest BCUT2D eigenvalue weighted by Crippen LogP contribution is 2.27. The third kappa shape index (κ3) is 2.86. The van der Waals surface area contributed by atoms with E-state index >= 15 is 0 Å². The standard InChI is InChI=1S/C14H18O3/c1-17-9-13(8-14(15)16)12-6-5-10-3-2-4-11(10)7-12/h5-7,13H,2-4,8-9H2,1H3,(H,15,16). The van der Waals surface area contributed by atoms with Crippen molar-refractivity contribution >= 4 is 5.97 Å². The average molecular weight is 234 g/mol. The summed E-state index contributed by atoms with van der Waals surface area (Å²) in [6.45, 7) is 0.463. The largest absolute Gasteiger partial charge is 0.481 e. The Kier molecular flexibility index (Phi) is 3.79. The number of ether oxygens (including phenoxy) is 1. The molecule has 0 saturated heterocycles. The van der Waals surface area contributed by atoms with Crippen LogP contribution in [-0.2, 0) is 22.4 Å². The van der Waals surface area contributed by atoms with Gasteiger partial charge in [0.1, 0.15) is 0 Å². The van der Waals surface area contributed by atoms with Gasteiger partial charge in [-0.2, -0.15) is 0 Å². The first-order valence-electron chi connectivity index (χ1n) is 6.03. The third-order valence-corrected chi connectivity index (χ3v) is 3.38. The number of rotatable bonds is 5. The first kappa shape index (κ1) is 12.1. The number of carboxylic acids is 1. The molecule has 3 heteroatoms. The Hall–Kier alpha value is -1.35. The van der Waals surface area contributed by atoms with E-state index in [1.165, 1.54) is 17.5 Å². The number of aliphatic carboxylic acids is 1. The van der Waals surface area contributed by atoms with E-state index in [1.54, 1.807) is 7.11 Å². The van der Waals surface area contributed by atoms with Crippen LogP contribution in [0.5, 0.6) is 0 Å². The summed E-state index contributed by atoms with van der Waals surface area (Å²) in [5.74, 6) is -0.809. The molecule has 0 heterocycles. The van der Waals surface area contributed by atoms with Crippen molar-refractivity contribution in [2.45, 2.75) is 31.6 Å². The number of benzene rings is 1. The fraction of sp³-hybridized carbons (Fsp3) is 0.500. The van der Waals surface area contributed by atoms with E-state index in [-0.39, 0.29) is 12.3 Å². The molecule has 0 bridgehead atoms. The molecule has 0 fully saturated rings. The molecule has 1 aromatic rings. The molecule has 0 saturated carbocycles. The highest BCUT2D eigenvalue weighted by Gasteiger charge is 2.18. The highest BCUT2D eigenvalue weighted by atomic mass is 16.5. The maximum absolute atomic E-state index is 10.8. The van der Waals surface area contributed by atoms with Crippen molar-refractivity contribution in [3.8, 4) is 0 Å². The average Bonchev–Trinajstić information content (AvgIpc) is 2.74. The van der Waals surface area contributed by atoms with E-state index in [1.807, 2.05) is 0 Å². The Morgan fingerprint density at radius 2 is 2.18 bits per heavy atom. The van der Waals surface area contributed by atoms with Crippen molar-refractivity contribution in [3.63, 3.8) is 0 Å². The van der Waals surface area contributed by atoms with Crippen LogP contribution in [0.25, 0.3) is 0 Å². The minimum Gasteiger partial charge on any atom is -0.481 e. The lowest BCUT2D eigenvalue weighted by Gasteiger charge is -2.15. The van der Waals surface area contributed by atoms with Gasteiger partial charge in [0, 0.05) is 13.0 Å². The molecule has 0 amide bonds. The number of fused-ring (bicyclic) bond motifs is 1. The van der Waals surface area contributed by atoms with E-state index in [4.69, 9.17) is 9.84 Å². The van der Waals surface area contributed by atoms with Gasteiger partial charge in [-0.1, -0.05) is 18.2 Å². The maximum Gasteiger partial charge on any atom is 0.304 e. The molecule has 3 nitrogen and oxygen atoms in total. The van der Waals surface area contributed by atoms with Crippen molar-refractivity contribution in [1.82, 2.24) is 0 Å². The van der Waals surface area contributed by atoms with Crippen LogP contribution in [-0.4, -0.2) is 24.8 Å². The predicted octanol–water partition coefficient (Wildman–Crippen LogP) is 2.38. The van der Waals surface area contributed by atoms with Gasteiger partial charge in [0.25, 0.3) is 0 Å². The molecular formula is C14H18O3. The van der Waals surface area contributed by atoms with Crippen LogP contribution in [0.1, 0.15) is 35.4 Å². The normalized spacial score (nSPS) is 15.6. The van der Waals surface area contributed by atoms with Gasteiger partial charge >= 0.3 is 5.97 Å². The summed E-state index contributed by atoms with van der Waals surface area (Å²) in [6.07, 6.45) is 3.62. The second-order valence-corrected chi connectivity index (χ2v) is 4.63. The number of aryl methyl sites for hydroxylation is 2. The highest BCUT2D eigenvalue weighted by molar-refractivity contribution is 5.68. The van der Waals surface area contributed by atoms with Crippen molar-refractivity contribution < 1.29 is 14.6 Å². The molecule has 1 atom stereocenters. The topological polar surface area (TPSA) is 46.5 Å². The monoisotopic (exact) mass is 234 g/mol. The summed E-state index contributed by atoms with van der Waals surface area (Å²) in [4.78, 5) is 10.8. The Labute approximate surface area is 101 Å². The number of hydrogen-bond donors (Lipinski definition) is 1. The van der Waals surface area contributed by atoms with Crippen molar-refractivity contribution in [3.05, 3.63) is 34.9 Å². The summed E-state index contributed by atoms with van der Waals surface area (Å²) in [7, 11) is 1.61. The molecule has 17 heavy (non-hydrogen) atoms. The molecule has 1 aromatic carbocycles. The minimum absolute atomic E-state index is 0.0385. The summed E-state index contributed by atoms with van der Waals surface area (Å²) < 4.78 is 5.12. The van der Waals surface area contributed by atoms with Gasteiger partial charge in [-0.15, -0.1) is 0 Å². The molecule has 1 N–H and O–H groups in total. The van der Waals surface area contributed by atoms with Crippen molar-refractivity contribution in [2.75, 3.05) is 13.7 Å². The van der Waals surface area contributed by atoms with Crippen LogP contribution in [0.2, 0.25) is 0 Å². The number of carboxylic acid groups (broad SMARTS) is 1. The lowest BCUT2D eigenvalue weighted by molar-refractivity contribution is -0.137. The Balaban J connectivity index is 2.20. The Morgan fingerprint density at radius 3 is 2.88 bits per heavy atom. The van der Waals surface area contributed by atoms with Crippen LogP contribution in [0.3, 0.4) is 0 Å². The first-order valence-corrected chi connectivity index (χ1v) is 6.03. The van der Waals surface area contributed by atoms with Gasteiger partial charge in [0.2, 0.25) is 0 Å². The van der Waals surface area contributed by atoms with E-state index in [0.717, 1.165) is 18.4 Å².